The zero-order chi connectivity index (χ0) is 21.8. The van der Waals surface area contributed by atoms with Gasteiger partial charge in [0, 0.05) is 18.7 Å². The van der Waals surface area contributed by atoms with Crippen molar-refractivity contribution in [1.82, 2.24) is 19.7 Å². The maximum absolute atomic E-state index is 12.8. The van der Waals surface area contributed by atoms with E-state index in [1.165, 1.54) is 4.31 Å². The van der Waals surface area contributed by atoms with Crippen molar-refractivity contribution in [1.29, 1.82) is 0 Å². The number of morpholine rings is 1. The molecule has 0 bridgehead atoms. The largest absolute Gasteiger partial charge is 0.461 e. The molecule has 0 radical (unpaired) electrons. The highest BCUT2D eigenvalue weighted by Crippen LogP contribution is 2.27. The van der Waals surface area contributed by atoms with E-state index < -0.39 is 16.0 Å². The van der Waals surface area contributed by atoms with Crippen molar-refractivity contribution in [3.63, 3.8) is 0 Å². The molecule has 0 amide bonds. The van der Waals surface area contributed by atoms with Crippen LogP contribution in [0.3, 0.4) is 0 Å². The summed E-state index contributed by atoms with van der Waals surface area (Å²) in [6, 6.07) is 14.2. The molecule has 2 aromatic carbocycles. The number of nitrogens with one attached hydrogen (secondary N) is 1. The molecule has 0 saturated carbocycles. The predicted octanol–water partition coefficient (Wildman–Crippen LogP) is 2.34. The number of aromatic amines is 1. The first-order chi connectivity index (χ1) is 15.0. The van der Waals surface area contributed by atoms with Crippen LogP contribution in [0.2, 0.25) is 0 Å². The smallest absolute Gasteiger partial charge is 0.361 e. The molecule has 1 saturated heterocycles. The van der Waals surface area contributed by atoms with Crippen LogP contribution in [0.5, 0.6) is 0 Å². The molecule has 9 nitrogen and oxygen atoms in total. The third-order valence-electron chi connectivity index (χ3n) is 4.97. The van der Waals surface area contributed by atoms with Crippen molar-refractivity contribution >= 4 is 16.0 Å². The average Bonchev–Trinajstić information content (AvgIpc) is 3.30. The van der Waals surface area contributed by atoms with Gasteiger partial charge >= 0.3 is 5.97 Å². The summed E-state index contributed by atoms with van der Waals surface area (Å²) in [6.07, 6.45) is 0. The molecular weight excluding hydrogens is 420 g/mol. The highest BCUT2D eigenvalue weighted by Gasteiger charge is 2.26. The molecule has 0 aliphatic carbocycles. The van der Waals surface area contributed by atoms with Gasteiger partial charge < -0.3 is 9.47 Å². The molecule has 2 heterocycles. The number of aromatic nitrogens is 3. The third kappa shape index (κ3) is 4.36. The summed E-state index contributed by atoms with van der Waals surface area (Å²) in [4.78, 5) is 12.3. The second-order valence-electron chi connectivity index (χ2n) is 6.86. The van der Waals surface area contributed by atoms with Gasteiger partial charge in [-0.3, -0.25) is 0 Å². The van der Waals surface area contributed by atoms with Crippen LogP contribution >= 0.6 is 0 Å². The monoisotopic (exact) mass is 442 g/mol. The van der Waals surface area contributed by atoms with Crippen molar-refractivity contribution in [3.05, 3.63) is 54.2 Å². The van der Waals surface area contributed by atoms with E-state index in [0.717, 1.165) is 11.1 Å². The Kier molecular flexibility index (Phi) is 6.12. The average molecular weight is 442 g/mol. The minimum Gasteiger partial charge on any atom is -0.461 e. The highest BCUT2D eigenvalue weighted by atomic mass is 32.2. The number of benzene rings is 2. The molecule has 1 aliphatic rings. The van der Waals surface area contributed by atoms with E-state index in [2.05, 4.69) is 15.4 Å². The number of nitrogens with zero attached hydrogens (tertiary/aromatic N) is 3. The highest BCUT2D eigenvalue weighted by molar-refractivity contribution is 7.89. The fraction of sp³-hybridized carbons (Fsp3) is 0.286. The number of sulfonamides is 1. The maximum atomic E-state index is 12.8. The first-order valence-electron chi connectivity index (χ1n) is 9.87. The van der Waals surface area contributed by atoms with Gasteiger partial charge in [-0.25, -0.2) is 13.2 Å². The van der Waals surface area contributed by atoms with Gasteiger partial charge in [-0.1, -0.05) is 36.4 Å². The van der Waals surface area contributed by atoms with E-state index in [9.17, 15) is 13.2 Å². The van der Waals surface area contributed by atoms with Crippen LogP contribution in [0.4, 0.5) is 0 Å². The zero-order valence-electron chi connectivity index (χ0n) is 16.9. The lowest BCUT2D eigenvalue weighted by molar-refractivity contribution is 0.0520. The quantitative estimate of drug-likeness (QED) is 0.583. The Hall–Kier alpha value is -3.08. The fourth-order valence-electron chi connectivity index (χ4n) is 3.35. The Bertz CT molecular complexity index is 1150. The molecule has 1 aromatic heterocycles. The van der Waals surface area contributed by atoms with Gasteiger partial charge in [0.2, 0.25) is 10.0 Å². The van der Waals surface area contributed by atoms with Crippen LogP contribution in [-0.2, 0) is 19.5 Å². The van der Waals surface area contributed by atoms with Crippen molar-refractivity contribution in [2.24, 2.45) is 0 Å². The number of hydrogen-bond donors (Lipinski definition) is 1. The molecule has 31 heavy (non-hydrogen) atoms. The molecule has 162 valence electrons. The Morgan fingerprint density at radius 1 is 1.00 bits per heavy atom. The normalized spacial score (nSPS) is 15.0. The summed E-state index contributed by atoms with van der Waals surface area (Å²) in [7, 11) is -3.52. The van der Waals surface area contributed by atoms with E-state index in [0.29, 0.717) is 37.6 Å². The molecule has 1 N–H and O–H groups in total. The van der Waals surface area contributed by atoms with E-state index in [4.69, 9.17) is 9.47 Å². The topological polar surface area (TPSA) is 114 Å². The Labute approximate surface area is 180 Å². The summed E-state index contributed by atoms with van der Waals surface area (Å²) < 4.78 is 37.2. The van der Waals surface area contributed by atoms with Crippen molar-refractivity contribution in [2.45, 2.75) is 11.8 Å². The summed E-state index contributed by atoms with van der Waals surface area (Å²) in [5.41, 5.74) is 3.04. The summed E-state index contributed by atoms with van der Waals surface area (Å²) in [5, 5.41) is 10.4. The molecule has 10 heteroatoms. The van der Waals surface area contributed by atoms with Crippen molar-refractivity contribution in [2.75, 3.05) is 32.9 Å². The molecule has 0 spiro atoms. The molecule has 1 aliphatic heterocycles. The van der Waals surface area contributed by atoms with Crippen LogP contribution in [-0.4, -0.2) is 67.0 Å². The lowest BCUT2D eigenvalue weighted by Crippen LogP contribution is -2.40. The van der Waals surface area contributed by atoms with Crippen molar-refractivity contribution in [3.8, 4) is 22.4 Å². The second kappa shape index (κ2) is 8.96. The van der Waals surface area contributed by atoms with Gasteiger partial charge in [0.05, 0.1) is 24.7 Å². The zero-order valence-corrected chi connectivity index (χ0v) is 17.8. The number of carbonyl (C=O) groups excluding carboxylic acids is 1. The van der Waals surface area contributed by atoms with Crippen LogP contribution in [0, 0.1) is 0 Å². The van der Waals surface area contributed by atoms with Crippen LogP contribution in [0.1, 0.15) is 17.4 Å². The van der Waals surface area contributed by atoms with E-state index in [1.807, 2.05) is 24.3 Å². The molecular formula is C21H22N4O5S. The molecule has 0 unspecified atom stereocenters. The minimum atomic E-state index is -3.52. The predicted molar refractivity (Wildman–Crippen MR) is 113 cm³/mol. The second-order valence-corrected chi connectivity index (χ2v) is 8.80. The summed E-state index contributed by atoms with van der Waals surface area (Å²) in [5.74, 6) is -0.535. The molecule has 0 atom stereocenters. The van der Waals surface area contributed by atoms with E-state index in [1.54, 1.807) is 31.2 Å². The Balaban J connectivity index is 1.54. The molecule has 4 rings (SSSR count). The number of hydrogen-bond acceptors (Lipinski definition) is 7. The third-order valence-corrected chi connectivity index (χ3v) is 6.88. The number of esters is 1. The number of H-pyrrole nitrogens is 1. The van der Waals surface area contributed by atoms with Crippen molar-refractivity contribution < 1.29 is 22.7 Å². The number of carbonyl (C=O) groups is 1. The number of ether oxygens (including phenoxy) is 2. The van der Waals surface area contributed by atoms with Gasteiger partial charge in [-0.2, -0.15) is 14.6 Å². The van der Waals surface area contributed by atoms with E-state index in [-0.39, 0.29) is 17.2 Å². The van der Waals surface area contributed by atoms with Gasteiger partial charge in [-0.15, -0.1) is 5.10 Å². The van der Waals surface area contributed by atoms with Gasteiger partial charge in [0.25, 0.3) is 0 Å². The van der Waals surface area contributed by atoms with Gasteiger partial charge in [0.1, 0.15) is 5.69 Å². The maximum Gasteiger partial charge on any atom is 0.361 e. The van der Waals surface area contributed by atoms with Gasteiger partial charge in [0.15, 0.2) is 5.69 Å². The molecule has 3 aromatic rings. The lowest BCUT2D eigenvalue weighted by atomic mass is 10.0. The summed E-state index contributed by atoms with van der Waals surface area (Å²) >= 11 is 0. The number of rotatable bonds is 6. The van der Waals surface area contributed by atoms with Crippen LogP contribution < -0.4 is 0 Å². The first-order valence-corrected chi connectivity index (χ1v) is 11.3. The van der Waals surface area contributed by atoms with Crippen LogP contribution in [0.25, 0.3) is 22.4 Å². The first kappa shape index (κ1) is 21.2. The lowest BCUT2D eigenvalue weighted by Gasteiger charge is -2.26. The molecule has 1 fully saturated rings. The fourth-order valence-corrected chi connectivity index (χ4v) is 4.76. The Morgan fingerprint density at radius 3 is 2.19 bits per heavy atom. The Morgan fingerprint density at radius 2 is 1.58 bits per heavy atom. The minimum absolute atomic E-state index is 0.132. The standard InChI is InChI=1S/C21H22N4O5S/c1-2-30-21(26)20-19(22-24-23-20)17-5-3-15(4-6-17)16-7-9-18(10-8-16)31(27,28)25-11-13-29-14-12-25/h3-10H,2,11-14H2,1H3,(H,22,23,24). The SMILES string of the molecule is CCOC(=O)c1n[nH]nc1-c1ccc(-c2ccc(S(=O)(=O)N3CCOCC3)cc2)cc1. The van der Waals surface area contributed by atoms with Crippen LogP contribution in [0.15, 0.2) is 53.4 Å². The summed E-state index contributed by atoms with van der Waals surface area (Å²) in [6.45, 7) is 3.52. The van der Waals surface area contributed by atoms with Gasteiger partial charge in [-0.05, 0) is 30.2 Å². The van der Waals surface area contributed by atoms with E-state index >= 15 is 0 Å².